The van der Waals surface area contributed by atoms with Crippen LogP contribution >= 0.6 is 11.6 Å². The Morgan fingerprint density at radius 1 is 0.947 bits per heavy atom. The molecular formula is C17H17ClO. The molecule has 1 nitrogen and oxygen atoms in total. The van der Waals surface area contributed by atoms with Crippen molar-refractivity contribution in [2.45, 2.75) is 0 Å². The summed E-state index contributed by atoms with van der Waals surface area (Å²) in [5.41, 5.74) is 2.13. The monoisotopic (exact) mass is 272 g/mol. The lowest BCUT2D eigenvalue weighted by atomic mass is 10.2. The third kappa shape index (κ3) is 5.02. The number of rotatable bonds is 3. The summed E-state index contributed by atoms with van der Waals surface area (Å²) in [6.07, 6.45) is 3.56. The second-order valence-electron chi connectivity index (χ2n) is 3.70. The maximum absolute atomic E-state index is 5.63. The lowest BCUT2D eigenvalue weighted by Crippen LogP contribution is -1.84. The zero-order valence-electron chi connectivity index (χ0n) is 11.0. The highest BCUT2D eigenvalue weighted by Crippen LogP contribution is 2.17. The summed E-state index contributed by atoms with van der Waals surface area (Å²) in [5, 5.41) is 0.764. The summed E-state index contributed by atoms with van der Waals surface area (Å²) in [5.74, 6) is 0.873. The van der Waals surface area contributed by atoms with Crippen LogP contribution in [0.5, 0.6) is 5.75 Å². The Morgan fingerprint density at radius 3 is 2.05 bits per heavy atom. The molecule has 0 bridgehead atoms. The van der Waals surface area contributed by atoms with Gasteiger partial charge < -0.3 is 4.74 Å². The molecule has 0 fully saturated rings. The van der Waals surface area contributed by atoms with Crippen molar-refractivity contribution in [3.63, 3.8) is 0 Å². The molecule has 0 aliphatic heterocycles. The van der Waals surface area contributed by atoms with Crippen molar-refractivity contribution >= 4 is 23.8 Å². The molecule has 2 aromatic rings. The van der Waals surface area contributed by atoms with Gasteiger partial charge in [-0.25, -0.2) is 0 Å². The van der Waals surface area contributed by atoms with Crippen molar-refractivity contribution in [2.24, 2.45) is 0 Å². The smallest absolute Gasteiger partial charge is 0.126 e. The van der Waals surface area contributed by atoms with E-state index in [1.807, 2.05) is 48.5 Å². The van der Waals surface area contributed by atoms with Crippen LogP contribution in [0.15, 0.2) is 61.7 Å². The van der Waals surface area contributed by atoms with Crippen LogP contribution in [0.4, 0.5) is 0 Å². The molecule has 2 aromatic carbocycles. The van der Waals surface area contributed by atoms with Gasteiger partial charge in [0, 0.05) is 10.6 Å². The molecule has 0 N–H and O–H groups in total. The lowest BCUT2D eigenvalue weighted by molar-refractivity contribution is 0.414. The van der Waals surface area contributed by atoms with Crippen molar-refractivity contribution in [1.82, 2.24) is 0 Å². The molecule has 0 unspecified atom stereocenters. The fourth-order valence-electron chi connectivity index (χ4n) is 1.43. The van der Waals surface area contributed by atoms with Gasteiger partial charge in [0.05, 0.1) is 7.11 Å². The highest BCUT2D eigenvalue weighted by Gasteiger charge is 1.93. The standard InChI is InChI=1S/C9H10O.C8H7Cl/c1-3-8-6-4-5-7-9(8)10-2;1-2-7-3-5-8(9)6-4-7/h3-7H,1H2,2H3;2-6H,1H2. The molecule has 0 atom stereocenters. The number of hydrogen-bond donors (Lipinski definition) is 0. The quantitative estimate of drug-likeness (QED) is 0.735. The minimum atomic E-state index is 0.764. The zero-order valence-corrected chi connectivity index (χ0v) is 11.7. The first-order chi connectivity index (χ1) is 9.21. The first-order valence-corrected chi connectivity index (χ1v) is 6.22. The molecule has 0 spiro atoms. The third-order valence-electron chi connectivity index (χ3n) is 2.46. The molecule has 0 heterocycles. The van der Waals surface area contributed by atoms with Crippen molar-refractivity contribution in [3.05, 3.63) is 77.8 Å². The van der Waals surface area contributed by atoms with Crippen molar-refractivity contribution in [1.29, 1.82) is 0 Å². The number of ether oxygens (including phenoxy) is 1. The zero-order chi connectivity index (χ0) is 14.1. The van der Waals surface area contributed by atoms with Gasteiger partial charge in [0.15, 0.2) is 0 Å². The second kappa shape index (κ2) is 8.17. The molecule has 0 aliphatic carbocycles. The first-order valence-electron chi connectivity index (χ1n) is 5.84. The summed E-state index contributed by atoms with van der Waals surface area (Å²) >= 11 is 5.63. The van der Waals surface area contributed by atoms with Crippen LogP contribution in [0, 0.1) is 0 Å². The second-order valence-corrected chi connectivity index (χ2v) is 4.14. The number of para-hydroxylation sites is 1. The third-order valence-corrected chi connectivity index (χ3v) is 2.72. The molecule has 2 rings (SSSR count). The lowest BCUT2D eigenvalue weighted by Gasteiger charge is -2.01. The highest BCUT2D eigenvalue weighted by molar-refractivity contribution is 6.30. The minimum absolute atomic E-state index is 0.764. The van der Waals surface area contributed by atoms with Crippen LogP contribution in [-0.4, -0.2) is 7.11 Å². The highest BCUT2D eigenvalue weighted by atomic mass is 35.5. The van der Waals surface area contributed by atoms with Gasteiger partial charge in [0.1, 0.15) is 5.75 Å². The van der Waals surface area contributed by atoms with E-state index < -0.39 is 0 Å². The Hall–Kier alpha value is -1.99. The summed E-state index contributed by atoms with van der Waals surface area (Å²) in [6, 6.07) is 15.3. The molecule has 0 aliphatic rings. The van der Waals surface area contributed by atoms with E-state index in [2.05, 4.69) is 13.2 Å². The summed E-state index contributed by atoms with van der Waals surface area (Å²) in [7, 11) is 1.66. The van der Waals surface area contributed by atoms with Gasteiger partial charge in [-0.1, -0.05) is 67.2 Å². The maximum Gasteiger partial charge on any atom is 0.126 e. The fourth-order valence-corrected chi connectivity index (χ4v) is 1.56. The van der Waals surface area contributed by atoms with Crippen LogP contribution in [0.2, 0.25) is 5.02 Å². The van der Waals surface area contributed by atoms with E-state index in [0.29, 0.717) is 0 Å². The van der Waals surface area contributed by atoms with Gasteiger partial charge >= 0.3 is 0 Å². The van der Waals surface area contributed by atoms with Gasteiger partial charge in [-0.3, -0.25) is 0 Å². The largest absolute Gasteiger partial charge is 0.496 e. The Balaban J connectivity index is 0.000000191. The van der Waals surface area contributed by atoms with Crippen LogP contribution in [0.1, 0.15) is 11.1 Å². The predicted molar refractivity (Wildman–Crippen MR) is 84.6 cm³/mol. The van der Waals surface area contributed by atoms with Gasteiger partial charge in [-0.15, -0.1) is 0 Å². The molecule has 0 saturated heterocycles. The molecule has 0 saturated carbocycles. The average molecular weight is 273 g/mol. The normalized spacial score (nSPS) is 8.95. The van der Waals surface area contributed by atoms with Gasteiger partial charge in [-0.05, 0) is 23.8 Å². The van der Waals surface area contributed by atoms with Crippen LogP contribution in [0.3, 0.4) is 0 Å². The van der Waals surface area contributed by atoms with E-state index in [4.69, 9.17) is 16.3 Å². The Morgan fingerprint density at radius 2 is 1.58 bits per heavy atom. The van der Waals surface area contributed by atoms with E-state index >= 15 is 0 Å². The maximum atomic E-state index is 5.63. The van der Waals surface area contributed by atoms with Crippen molar-refractivity contribution < 1.29 is 4.74 Å². The van der Waals surface area contributed by atoms with Gasteiger partial charge in [0.2, 0.25) is 0 Å². The van der Waals surface area contributed by atoms with E-state index in [0.717, 1.165) is 21.9 Å². The molecule has 0 amide bonds. The topological polar surface area (TPSA) is 9.23 Å². The number of methoxy groups -OCH3 is 1. The molecule has 2 heteroatoms. The van der Waals surface area contributed by atoms with E-state index in [9.17, 15) is 0 Å². The van der Waals surface area contributed by atoms with Crippen LogP contribution in [0.25, 0.3) is 12.2 Å². The molecule has 0 radical (unpaired) electrons. The van der Waals surface area contributed by atoms with Crippen molar-refractivity contribution in [3.8, 4) is 5.75 Å². The number of halogens is 1. The number of hydrogen-bond acceptors (Lipinski definition) is 1. The average Bonchev–Trinajstić information content (AvgIpc) is 2.48. The summed E-state index contributed by atoms with van der Waals surface area (Å²) in [4.78, 5) is 0. The summed E-state index contributed by atoms with van der Waals surface area (Å²) < 4.78 is 5.06. The van der Waals surface area contributed by atoms with Crippen molar-refractivity contribution in [2.75, 3.05) is 7.11 Å². The molecule has 98 valence electrons. The predicted octanol–water partition coefficient (Wildman–Crippen LogP) is 5.32. The van der Waals surface area contributed by atoms with E-state index in [1.165, 1.54) is 0 Å². The fraction of sp³-hybridized carbons (Fsp3) is 0.0588. The molecule has 0 aromatic heterocycles. The van der Waals surface area contributed by atoms with E-state index in [1.54, 1.807) is 19.3 Å². The molecule has 19 heavy (non-hydrogen) atoms. The van der Waals surface area contributed by atoms with Gasteiger partial charge in [0.25, 0.3) is 0 Å². The van der Waals surface area contributed by atoms with Crippen LogP contribution < -0.4 is 4.74 Å². The Bertz CT molecular complexity index is 529. The van der Waals surface area contributed by atoms with E-state index in [-0.39, 0.29) is 0 Å². The first kappa shape index (κ1) is 15.1. The minimum Gasteiger partial charge on any atom is -0.496 e. The van der Waals surface area contributed by atoms with Crippen LogP contribution in [-0.2, 0) is 0 Å². The SMILES string of the molecule is C=Cc1ccc(Cl)cc1.C=Cc1ccccc1OC. The molecular weight excluding hydrogens is 256 g/mol. The van der Waals surface area contributed by atoms with Gasteiger partial charge in [-0.2, -0.15) is 0 Å². The summed E-state index contributed by atoms with van der Waals surface area (Å²) in [6.45, 7) is 7.28. The Kier molecular flexibility index (Phi) is 6.48. The number of benzene rings is 2. The Labute approximate surface area is 119 Å².